The third-order valence-electron chi connectivity index (χ3n) is 9.03. The molecule has 0 fully saturated rings. The van der Waals surface area contributed by atoms with E-state index in [4.69, 9.17) is 18.5 Å². The summed E-state index contributed by atoms with van der Waals surface area (Å²) in [6, 6.07) is 36.6. The number of benzene rings is 4. The summed E-state index contributed by atoms with van der Waals surface area (Å²) in [4.78, 5) is 41.4. The van der Waals surface area contributed by atoms with Crippen LogP contribution in [0.5, 0.6) is 0 Å². The number of ether oxygens (including phenoxy) is 2. The molecule has 0 bridgehead atoms. The van der Waals surface area contributed by atoms with Crippen molar-refractivity contribution in [2.24, 2.45) is 0 Å². The molecular formula is C43H45N2O8P. The fourth-order valence-electron chi connectivity index (χ4n) is 6.74. The monoisotopic (exact) mass is 748 g/mol. The number of nitrogens with zero attached hydrogens (tertiary/aromatic N) is 2. The van der Waals surface area contributed by atoms with Gasteiger partial charge in [-0.05, 0) is 69.5 Å². The van der Waals surface area contributed by atoms with Gasteiger partial charge in [-0.1, -0.05) is 115 Å². The minimum atomic E-state index is -3.96. The molecule has 6 rings (SSSR count). The lowest BCUT2D eigenvalue weighted by molar-refractivity contribution is -0.0882. The summed E-state index contributed by atoms with van der Waals surface area (Å²) in [5.41, 5.74) is 0.119. The Kier molecular flexibility index (Phi) is 11.9. The van der Waals surface area contributed by atoms with Gasteiger partial charge < -0.3 is 18.5 Å². The van der Waals surface area contributed by atoms with Crippen LogP contribution >= 0.6 is 7.60 Å². The Morgan fingerprint density at radius 2 is 1.20 bits per heavy atom. The highest BCUT2D eigenvalue weighted by Crippen LogP contribution is 2.57. The molecule has 3 atom stereocenters. The van der Waals surface area contributed by atoms with E-state index in [0.717, 1.165) is 16.7 Å². The minimum Gasteiger partial charge on any atom is -0.358 e. The first kappa shape index (κ1) is 38.8. The lowest BCUT2D eigenvalue weighted by atomic mass is 9.80. The maximum atomic E-state index is 14.5. The summed E-state index contributed by atoms with van der Waals surface area (Å²) >= 11 is 0. The number of aromatic nitrogens is 2. The number of carbonyl (C=O) groups is 1. The average molecular weight is 749 g/mol. The van der Waals surface area contributed by atoms with Crippen LogP contribution in [0.15, 0.2) is 149 Å². The first-order chi connectivity index (χ1) is 25.9. The third-order valence-corrected chi connectivity index (χ3v) is 11.4. The smallest absolute Gasteiger partial charge is 0.358 e. The molecule has 5 aromatic rings. The topological polar surface area (TPSA) is 115 Å². The summed E-state index contributed by atoms with van der Waals surface area (Å²) in [5, 5.41) is 0. The third kappa shape index (κ3) is 7.94. The van der Waals surface area contributed by atoms with Gasteiger partial charge in [-0.2, -0.15) is 4.57 Å². The normalized spacial score (nSPS) is 17.6. The first-order valence-electron chi connectivity index (χ1n) is 18.0. The van der Waals surface area contributed by atoms with Crippen LogP contribution in [0.1, 0.15) is 66.3 Å². The second-order valence-corrected chi connectivity index (χ2v) is 15.7. The Balaban J connectivity index is 1.52. The van der Waals surface area contributed by atoms with Crippen LogP contribution < -0.4 is 11.2 Å². The molecule has 0 amide bonds. The first-order valence-corrected chi connectivity index (χ1v) is 19.6. The van der Waals surface area contributed by atoms with Gasteiger partial charge in [0.1, 0.15) is 11.7 Å². The maximum absolute atomic E-state index is 14.5. The fraction of sp³-hybridized carbons (Fsp3) is 0.279. The van der Waals surface area contributed by atoms with Crippen molar-refractivity contribution in [1.82, 2.24) is 9.13 Å². The molecule has 2 heterocycles. The van der Waals surface area contributed by atoms with Crippen LogP contribution in [-0.4, -0.2) is 45.8 Å². The summed E-state index contributed by atoms with van der Waals surface area (Å²) < 4.78 is 42.2. The van der Waals surface area contributed by atoms with Gasteiger partial charge in [-0.3, -0.25) is 18.7 Å². The fourth-order valence-corrected chi connectivity index (χ4v) is 8.82. The van der Waals surface area contributed by atoms with Gasteiger partial charge in [0, 0.05) is 17.3 Å². The van der Waals surface area contributed by atoms with Crippen molar-refractivity contribution in [2.75, 3.05) is 6.61 Å². The lowest BCUT2D eigenvalue weighted by Crippen LogP contribution is -2.49. The summed E-state index contributed by atoms with van der Waals surface area (Å²) in [5.74, 6) is -1.92. The number of hydrogen-bond donors (Lipinski definition) is 0. The van der Waals surface area contributed by atoms with E-state index in [1.54, 1.807) is 77.1 Å². The quantitative estimate of drug-likeness (QED) is 0.0679. The highest BCUT2D eigenvalue weighted by Gasteiger charge is 2.45. The summed E-state index contributed by atoms with van der Waals surface area (Å²) in [7, 11) is -3.96. The Hall–Kier alpha value is -4.96. The summed E-state index contributed by atoms with van der Waals surface area (Å²) in [6.07, 6.45) is 2.73. The lowest BCUT2D eigenvalue weighted by Gasteiger charge is -2.40. The van der Waals surface area contributed by atoms with Gasteiger partial charge >= 0.3 is 13.3 Å². The standard InChI is InChI=1S/C43H45N2O8P/c1-30(2)52-54(49,53-31(3)4)39-27-26-37(44-28-32(5)40(46)45(42(44)48)41(47)33-18-10-6-11-19-33)38(51-39)29-50-43(34-20-12-7-13-21-34,35-22-14-8-15-23-35)36-24-16-9-17-25-36/h6-28,30-31,37-39H,29H2,1-5H3/t37-,38-,39+/m1/s1. The molecular weight excluding hydrogens is 703 g/mol. The molecule has 1 aliphatic rings. The molecule has 0 saturated carbocycles. The second-order valence-electron chi connectivity index (χ2n) is 13.7. The van der Waals surface area contributed by atoms with Crippen molar-refractivity contribution in [3.8, 4) is 0 Å². The number of aryl methyl sites for hydroxylation is 1. The minimum absolute atomic E-state index is 0.148. The van der Waals surface area contributed by atoms with Gasteiger partial charge in [-0.15, -0.1) is 0 Å². The van der Waals surface area contributed by atoms with Crippen LogP contribution in [0.2, 0.25) is 0 Å². The zero-order valence-electron chi connectivity index (χ0n) is 31.0. The molecule has 0 saturated heterocycles. The maximum Gasteiger partial charge on any atom is 0.363 e. The Bertz CT molecular complexity index is 2130. The van der Waals surface area contributed by atoms with E-state index in [-0.39, 0.29) is 17.7 Å². The molecule has 1 aromatic heterocycles. The van der Waals surface area contributed by atoms with E-state index in [2.05, 4.69) is 0 Å². The largest absolute Gasteiger partial charge is 0.363 e. The van der Waals surface area contributed by atoms with Crippen LogP contribution in [0, 0.1) is 6.92 Å². The molecule has 11 heteroatoms. The predicted molar refractivity (Wildman–Crippen MR) is 208 cm³/mol. The molecule has 0 N–H and O–H groups in total. The van der Waals surface area contributed by atoms with Crippen molar-refractivity contribution >= 4 is 13.5 Å². The van der Waals surface area contributed by atoms with E-state index in [9.17, 15) is 18.9 Å². The van der Waals surface area contributed by atoms with Gasteiger partial charge in [0.2, 0.25) is 0 Å². The Labute approximate surface area is 315 Å². The zero-order valence-corrected chi connectivity index (χ0v) is 31.9. The number of hydrogen-bond acceptors (Lipinski definition) is 8. The molecule has 1 aliphatic heterocycles. The van der Waals surface area contributed by atoms with E-state index >= 15 is 0 Å². The van der Waals surface area contributed by atoms with Gasteiger partial charge in [0.25, 0.3) is 11.5 Å². The van der Waals surface area contributed by atoms with E-state index in [1.807, 2.05) is 91.0 Å². The number of rotatable bonds is 13. The van der Waals surface area contributed by atoms with E-state index < -0.39 is 60.6 Å². The molecule has 54 heavy (non-hydrogen) atoms. The molecule has 0 unspecified atom stereocenters. The van der Waals surface area contributed by atoms with Gasteiger partial charge in [0.15, 0.2) is 5.85 Å². The van der Waals surface area contributed by atoms with Crippen molar-refractivity contribution < 1.29 is 27.9 Å². The van der Waals surface area contributed by atoms with Gasteiger partial charge in [0.05, 0.1) is 24.9 Å². The van der Waals surface area contributed by atoms with E-state index in [0.29, 0.717) is 4.57 Å². The second kappa shape index (κ2) is 16.6. The highest BCUT2D eigenvalue weighted by molar-refractivity contribution is 7.54. The molecule has 4 aromatic carbocycles. The van der Waals surface area contributed by atoms with Gasteiger partial charge in [-0.25, -0.2) is 4.79 Å². The predicted octanol–water partition coefficient (Wildman–Crippen LogP) is 7.88. The molecule has 0 spiro atoms. The average Bonchev–Trinajstić information content (AvgIpc) is 3.17. The molecule has 10 nitrogen and oxygen atoms in total. The zero-order chi connectivity index (χ0) is 38.5. The van der Waals surface area contributed by atoms with Crippen LogP contribution in [0.4, 0.5) is 0 Å². The van der Waals surface area contributed by atoms with Crippen molar-refractivity contribution in [2.45, 2.75) is 70.4 Å². The van der Waals surface area contributed by atoms with Crippen LogP contribution in [-0.2, 0) is 28.7 Å². The van der Waals surface area contributed by atoms with Crippen molar-refractivity contribution in [3.63, 3.8) is 0 Å². The molecule has 0 aliphatic carbocycles. The van der Waals surface area contributed by atoms with Crippen molar-refractivity contribution in [3.05, 3.63) is 188 Å². The SMILES string of the molecule is Cc1cn([C@@H]2C=C[C@H](P(=O)(OC(C)C)OC(C)C)O[C@@H]2COC(c2ccccc2)(c2ccccc2)c2ccccc2)c(=O)n(C(=O)c2ccccc2)c1=O. The van der Waals surface area contributed by atoms with E-state index in [1.165, 1.54) is 10.8 Å². The summed E-state index contributed by atoms with van der Waals surface area (Å²) in [6.45, 7) is 8.43. The van der Waals surface area contributed by atoms with Crippen LogP contribution in [0.3, 0.4) is 0 Å². The van der Waals surface area contributed by atoms with Crippen molar-refractivity contribution in [1.29, 1.82) is 0 Å². The molecule has 280 valence electrons. The number of carbonyl (C=O) groups excluding carboxylic acids is 1. The Morgan fingerprint density at radius 3 is 1.67 bits per heavy atom. The Morgan fingerprint density at radius 1 is 0.741 bits per heavy atom. The van der Waals surface area contributed by atoms with Crippen LogP contribution in [0.25, 0.3) is 0 Å². The highest BCUT2D eigenvalue weighted by atomic mass is 31.2. The molecule has 0 radical (unpaired) electrons.